The summed E-state index contributed by atoms with van der Waals surface area (Å²) in [5, 5.41) is 0. The molecule has 0 atom stereocenters. The first-order chi connectivity index (χ1) is 17.7. The molecule has 0 saturated heterocycles. The lowest BCUT2D eigenvalue weighted by Gasteiger charge is -2.35. The quantitative estimate of drug-likeness (QED) is 0.134. The van der Waals surface area contributed by atoms with Crippen LogP contribution in [0.15, 0.2) is 115 Å². The minimum absolute atomic E-state index is 0.166. The molecule has 0 bridgehead atoms. The zero-order chi connectivity index (χ0) is 24.8. The fourth-order valence-electron chi connectivity index (χ4n) is 4.98. The largest absolute Gasteiger partial charge is 0.274 e. The molecule has 0 saturated carbocycles. The highest BCUT2D eigenvalue weighted by atomic mass is 32.2. The van der Waals surface area contributed by atoms with Gasteiger partial charge in [-0.2, -0.15) is 0 Å². The van der Waals surface area contributed by atoms with Crippen LogP contribution in [0.4, 0.5) is 0 Å². The molecule has 36 heavy (non-hydrogen) atoms. The van der Waals surface area contributed by atoms with Crippen molar-refractivity contribution in [3.8, 4) is 0 Å². The average molecular weight is 492 g/mol. The molecule has 4 aromatic rings. The number of nitrogens with zero attached hydrogens (tertiary/aromatic N) is 1. The zero-order valence-electron chi connectivity index (χ0n) is 20.2. The third-order valence-corrected chi connectivity index (χ3v) is 8.40. The standard InChI is InChI=1S/C32H29NO2S/c34-30-28-21-11-12-22-29(28)31(35)33(30)23-13-4-14-24-36-32(25-15-5-1-6-16-25,26-17-7-2-8-18-26)27-19-9-3-10-20-27/h1-3,5-12,15-22H,4,13-14,23-24H2. The van der Waals surface area contributed by atoms with Gasteiger partial charge in [0.2, 0.25) is 0 Å². The van der Waals surface area contributed by atoms with Crippen LogP contribution in [0.3, 0.4) is 0 Å². The van der Waals surface area contributed by atoms with Gasteiger partial charge in [0.25, 0.3) is 11.8 Å². The number of thioether (sulfide) groups is 1. The first-order valence-corrected chi connectivity index (χ1v) is 13.5. The van der Waals surface area contributed by atoms with E-state index in [1.807, 2.05) is 23.9 Å². The Balaban J connectivity index is 1.28. The molecule has 180 valence electrons. The number of carbonyl (C=O) groups excluding carboxylic acids is 2. The van der Waals surface area contributed by atoms with E-state index < -0.39 is 0 Å². The first-order valence-electron chi connectivity index (χ1n) is 12.5. The number of imide groups is 1. The Morgan fingerprint density at radius 1 is 0.528 bits per heavy atom. The summed E-state index contributed by atoms with van der Waals surface area (Å²) < 4.78 is -0.313. The summed E-state index contributed by atoms with van der Waals surface area (Å²) in [6.45, 7) is 0.470. The van der Waals surface area contributed by atoms with Crippen LogP contribution in [-0.4, -0.2) is 29.0 Å². The second kappa shape index (κ2) is 11.0. The van der Waals surface area contributed by atoms with Gasteiger partial charge >= 0.3 is 0 Å². The SMILES string of the molecule is O=C1c2ccccc2C(=O)N1CCCCCSC(c1ccccc1)(c1ccccc1)c1ccccc1. The highest BCUT2D eigenvalue weighted by Crippen LogP contribution is 2.48. The zero-order valence-corrected chi connectivity index (χ0v) is 21.0. The number of hydrogen-bond acceptors (Lipinski definition) is 3. The van der Waals surface area contributed by atoms with E-state index in [0.717, 1.165) is 25.0 Å². The van der Waals surface area contributed by atoms with E-state index in [1.54, 1.807) is 12.1 Å². The summed E-state index contributed by atoms with van der Waals surface area (Å²) >= 11 is 1.95. The summed E-state index contributed by atoms with van der Waals surface area (Å²) in [7, 11) is 0. The minimum Gasteiger partial charge on any atom is -0.274 e. The van der Waals surface area contributed by atoms with Gasteiger partial charge in [-0.1, -0.05) is 110 Å². The van der Waals surface area contributed by atoms with Gasteiger partial charge in [0, 0.05) is 6.54 Å². The molecule has 0 aromatic heterocycles. The van der Waals surface area contributed by atoms with Crippen LogP contribution in [-0.2, 0) is 4.75 Å². The van der Waals surface area contributed by atoms with Crippen molar-refractivity contribution < 1.29 is 9.59 Å². The number of fused-ring (bicyclic) bond motifs is 1. The second-order valence-corrected chi connectivity index (χ2v) is 10.3. The maximum absolute atomic E-state index is 12.6. The first kappa shape index (κ1) is 24.1. The molecular formula is C32H29NO2S. The van der Waals surface area contributed by atoms with E-state index >= 15 is 0 Å². The van der Waals surface area contributed by atoms with Gasteiger partial charge in [-0.25, -0.2) is 0 Å². The Hall–Kier alpha value is -3.63. The Bertz CT molecular complexity index is 1190. The lowest BCUT2D eigenvalue weighted by atomic mass is 9.84. The molecule has 0 spiro atoms. The number of amides is 2. The van der Waals surface area contributed by atoms with E-state index in [0.29, 0.717) is 17.7 Å². The molecule has 1 aliphatic rings. The molecule has 0 aliphatic carbocycles. The molecule has 0 radical (unpaired) electrons. The maximum atomic E-state index is 12.6. The van der Waals surface area contributed by atoms with Crippen molar-refractivity contribution in [3.63, 3.8) is 0 Å². The number of carbonyl (C=O) groups is 2. The fourth-order valence-corrected chi connectivity index (χ4v) is 6.55. The predicted molar refractivity (Wildman–Crippen MR) is 147 cm³/mol. The van der Waals surface area contributed by atoms with E-state index in [9.17, 15) is 9.59 Å². The monoisotopic (exact) mass is 491 g/mol. The maximum Gasteiger partial charge on any atom is 0.261 e. The predicted octanol–water partition coefficient (Wildman–Crippen LogP) is 7.18. The molecule has 3 nitrogen and oxygen atoms in total. The van der Waals surface area contributed by atoms with Crippen LogP contribution in [0.1, 0.15) is 56.7 Å². The Morgan fingerprint density at radius 3 is 1.39 bits per heavy atom. The average Bonchev–Trinajstić information content (AvgIpc) is 3.19. The molecule has 4 aromatic carbocycles. The van der Waals surface area contributed by atoms with Crippen molar-refractivity contribution in [1.82, 2.24) is 4.90 Å². The summed E-state index contributed by atoms with van der Waals surface area (Å²) in [4.78, 5) is 26.7. The number of rotatable bonds is 10. The number of hydrogen-bond donors (Lipinski definition) is 0. The number of benzene rings is 4. The normalized spacial score (nSPS) is 13.2. The van der Waals surface area contributed by atoms with E-state index in [4.69, 9.17) is 0 Å². The lowest BCUT2D eigenvalue weighted by molar-refractivity contribution is 0.0651. The van der Waals surface area contributed by atoms with Crippen molar-refractivity contribution >= 4 is 23.6 Å². The van der Waals surface area contributed by atoms with Crippen molar-refractivity contribution in [3.05, 3.63) is 143 Å². The van der Waals surface area contributed by atoms with Gasteiger partial charge in [0.15, 0.2) is 0 Å². The fraction of sp³-hybridized carbons (Fsp3) is 0.188. The van der Waals surface area contributed by atoms with Gasteiger partial charge in [-0.3, -0.25) is 14.5 Å². The van der Waals surface area contributed by atoms with Gasteiger partial charge < -0.3 is 0 Å². The molecule has 0 fully saturated rings. The number of unbranched alkanes of at least 4 members (excludes halogenated alkanes) is 2. The third kappa shape index (κ3) is 4.61. The molecule has 2 amide bonds. The van der Waals surface area contributed by atoms with Crippen molar-refractivity contribution in [2.75, 3.05) is 12.3 Å². The van der Waals surface area contributed by atoms with E-state index in [1.165, 1.54) is 21.6 Å². The summed E-state index contributed by atoms with van der Waals surface area (Å²) in [6.07, 6.45) is 2.76. The van der Waals surface area contributed by atoms with Gasteiger partial charge in [0.05, 0.1) is 15.9 Å². The Labute approximate surface area is 217 Å². The van der Waals surface area contributed by atoms with Crippen LogP contribution >= 0.6 is 11.8 Å². The van der Waals surface area contributed by atoms with Gasteiger partial charge in [0.1, 0.15) is 0 Å². The van der Waals surface area contributed by atoms with E-state index in [-0.39, 0.29) is 16.6 Å². The highest BCUT2D eigenvalue weighted by Gasteiger charge is 2.37. The van der Waals surface area contributed by atoms with Crippen LogP contribution in [0.5, 0.6) is 0 Å². The van der Waals surface area contributed by atoms with E-state index in [2.05, 4.69) is 91.0 Å². The van der Waals surface area contributed by atoms with Crippen LogP contribution < -0.4 is 0 Å². The van der Waals surface area contributed by atoms with Crippen LogP contribution in [0.25, 0.3) is 0 Å². The Kier molecular flexibility index (Phi) is 7.33. The van der Waals surface area contributed by atoms with Crippen molar-refractivity contribution in [2.24, 2.45) is 0 Å². The molecule has 0 N–H and O–H groups in total. The van der Waals surface area contributed by atoms with Crippen LogP contribution in [0.2, 0.25) is 0 Å². The van der Waals surface area contributed by atoms with Crippen molar-refractivity contribution in [1.29, 1.82) is 0 Å². The van der Waals surface area contributed by atoms with Crippen molar-refractivity contribution in [2.45, 2.75) is 24.0 Å². The Morgan fingerprint density at radius 2 is 0.944 bits per heavy atom. The summed E-state index contributed by atoms with van der Waals surface area (Å²) in [6, 6.07) is 39.2. The van der Waals surface area contributed by atoms with Gasteiger partial charge in [-0.15, -0.1) is 11.8 Å². The van der Waals surface area contributed by atoms with Gasteiger partial charge in [-0.05, 0) is 47.4 Å². The lowest BCUT2D eigenvalue weighted by Crippen LogP contribution is -2.30. The molecule has 4 heteroatoms. The summed E-state index contributed by atoms with van der Waals surface area (Å²) in [5.74, 6) is 0.628. The summed E-state index contributed by atoms with van der Waals surface area (Å²) in [5.41, 5.74) is 4.84. The topological polar surface area (TPSA) is 37.4 Å². The molecule has 0 unspecified atom stereocenters. The van der Waals surface area contributed by atoms with Crippen LogP contribution in [0, 0.1) is 0 Å². The second-order valence-electron chi connectivity index (χ2n) is 9.00. The smallest absolute Gasteiger partial charge is 0.261 e. The minimum atomic E-state index is -0.313. The third-order valence-electron chi connectivity index (χ3n) is 6.76. The highest BCUT2D eigenvalue weighted by molar-refractivity contribution is 8.00. The molecule has 1 aliphatic heterocycles. The molecular weight excluding hydrogens is 462 g/mol. The molecule has 1 heterocycles. The molecule has 5 rings (SSSR count).